The number of nitrogens with one attached hydrogen (secondary N) is 1. The summed E-state index contributed by atoms with van der Waals surface area (Å²) < 4.78 is 11.2. The summed E-state index contributed by atoms with van der Waals surface area (Å²) in [6.07, 6.45) is 0.0281. The number of nitrogens with two attached hydrogens (primary N) is 1. The lowest BCUT2D eigenvalue weighted by molar-refractivity contribution is -0.137. The molecule has 0 aromatic heterocycles. The Morgan fingerprint density at radius 1 is 1.17 bits per heavy atom. The summed E-state index contributed by atoms with van der Waals surface area (Å²) in [5.74, 6) is -0.954. The van der Waals surface area contributed by atoms with E-state index in [9.17, 15) is 14.4 Å². The molecule has 198 valence electrons. The quantitative estimate of drug-likeness (QED) is 0.348. The Morgan fingerprint density at radius 3 is 2.29 bits per heavy atom. The van der Waals surface area contributed by atoms with E-state index in [4.69, 9.17) is 25.7 Å². The number of amidine groups is 1. The number of carboxylic acids is 1. The molecule has 0 spiro atoms. The van der Waals surface area contributed by atoms with Crippen LogP contribution in [-0.4, -0.2) is 118 Å². The number of likely N-dealkylation sites (tertiary alicyclic amines) is 1. The second-order valence-electron chi connectivity index (χ2n) is 10.6. The maximum absolute atomic E-state index is 13.0. The van der Waals surface area contributed by atoms with Crippen LogP contribution in [-0.2, 0) is 14.3 Å². The molecule has 12 nitrogen and oxygen atoms in total. The summed E-state index contributed by atoms with van der Waals surface area (Å²) in [5.41, 5.74) is 5.44. The van der Waals surface area contributed by atoms with Crippen LogP contribution < -0.4 is 5.73 Å². The highest BCUT2D eigenvalue weighted by Crippen LogP contribution is 2.32. The third-order valence-corrected chi connectivity index (χ3v) is 6.95. The molecule has 3 aliphatic heterocycles. The number of ether oxygens (including phenoxy) is 2. The molecule has 35 heavy (non-hydrogen) atoms. The summed E-state index contributed by atoms with van der Waals surface area (Å²) in [7, 11) is 0. The lowest BCUT2D eigenvalue weighted by atomic mass is 9.87. The first-order valence-electron chi connectivity index (χ1n) is 12.4. The number of carbonyl (C=O) groups excluding carboxylic acids is 2. The van der Waals surface area contributed by atoms with E-state index in [2.05, 4.69) is 9.80 Å². The molecular formula is C23H40N6O6. The Balaban J connectivity index is 1.59. The van der Waals surface area contributed by atoms with E-state index in [1.165, 1.54) is 0 Å². The molecule has 0 aromatic rings. The molecule has 0 aliphatic carbocycles. The average molecular weight is 497 g/mol. The summed E-state index contributed by atoms with van der Waals surface area (Å²) in [6.45, 7) is 11.6. The fourth-order valence-electron chi connectivity index (χ4n) is 5.16. The van der Waals surface area contributed by atoms with Gasteiger partial charge in [-0.25, -0.2) is 9.59 Å². The molecule has 12 heteroatoms. The van der Waals surface area contributed by atoms with Crippen LogP contribution in [0, 0.1) is 11.3 Å². The van der Waals surface area contributed by atoms with Crippen LogP contribution >= 0.6 is 0 Å². The minimum atomic E-state index is -0.811. The molecule has 0 bridgehead atoms. The van der Waals surface area contributed by atoms with Crippen molar-refractivity contribution in [2.24, 2.45) is 11.7 Å². The number of rotatable bonds is 7. The molecule has 2 amide bonds. The first-order chi connectivity index (χ1) is 16.4. The van der Waals surface area contributed by atoms with Crippen LogP contribution in [0.3, 0.4) is 0 Å². The molecule has 0 saturated carbocycles. The molecule has 3 unspecified atom stereocenters. The fraction of sp³-hybridized carbons (Fsp3) is 0.826. The third kappa shape index (κ3) is 6.75. The first-order valence-corrected chi connectivity index (χ1v) is 12.4. The van der Waals surface area contributed by atoms with Crippen LogP contribution in [0.15, 0.2) is 0 Å². The molecule has 3 aliphatic rings. The van der Waals surface area contributed by atoms with Crippen LogP contribution in [0.25, 0.3) is 0 Å². The average Bonchev–Trinajstić information content (AvgIpc) is 3.06. The van der Waals surface area contributed by atoms with E-state index in [0.29, 0.717) is 58.7 Å². The SMILES string of the molecule is CC1C(N2CCN(CCC(=O)O)CC2)OC(=O)N1C(C(=N)N)C1CCN(C(=O)OC(C)(C)C)CC1. The van der Waals surface area contributed by atoms with Gasteiger partial charge in [-0.05, 0) is 46.5 Å². The molecule has 4 N–H and O–H groups in total. The summed E-state index contributed by atoms with van der Waals surface area (Å²) in [5, 5.41) is 17.2. The first kappa shape index (κ1) is 27.0. The highest BCUT2D eigenvalue weighted by molar-refractivity contribution is 5.87. The summed E-state index contributed by atoms with van der Waals surface area (Å²) in [4.78, 5) is 43.7. The van der Waals surface area contributed by atoms with E-state index in [1.807, 2.05) is 27.7 Å². The topological polar surface area (TPSA) is 153 Å². The van der Waals surface area contributed by atoms with Gasteiger partial charge in [-0.3, -0.25) is 20.0 Å². The predicted molar refractivity (Wildman–Crippen MR) is 128 cm³/mol. The molecular weight excluding hydrogens is 456 g/mol. The number of carboxylic acid groups (broad SMARTS) is 1. The second-order valence-corrected chi connectivity index (χ2v) is 10.6. The number of hydrogen-bond acceptors (Lipinski definition) is 8. The molecule has 3 atom stereocenters. The molecule has 3 fully saturated rings. The Morgan fingerprint density at radius 2 is 1.77 bits per heavy atom. The number of piperidine rings is 1. The minimum Gasteiger partial charge on any atom is -0.481 e. The van der Waals surface area contributed by atoms with Crippen molar-refractivity contribution in [2.45, 2.75) is 70.9 Å². The maximum Gasteiger partial charge on any atom is 0.412 e. The van der Waals surface area contributed by atoms with Crippen molar-refractivity contribution in [3.05, 3.63) is 0 Å². The van der Waals surface area contributed by atoms with Crippen LogP contribution in [0.1, 0.15) is 47.0 Å². The van der Waals surface area contributed by atoms with Crippen LogP contribution in [0.4, 0.5) is 9.59 Å². The van der Waals surface area contributed by atoms with E-state index in [1.54, 1.807) is 9.80 Å². The largest absolute Gasteiger partial charge is 0.481 e. The maximum atomic E-state index is 13.0. The second kappa shape index (κ2) is 11.0. The smallest absolute Gasteiger partial charge is 0.412 e. The number of cyclic esters (lactones) is 1. The lowest BCUT2D eigenvalue weighted by Crippen LogP contribution is -2.58. The predicted octanol–water partition coefficient (Wildman–Crippen LogP) is 1.20. The van der Waals surface area contributed by atoms with Gasteiger partial charge in [0.25, 0.3) is 0 Å². The zero-order valence-electron chi connectivity index (χ0n) is 21.2. The van der Waals surface area contributed by atoms with Gasteiger partial charge >= 0.3 is 18.2 Å². The zero-order valence-corrected chi connectivity index (χ0v) is 21.2. The van der Waals surface area contributed by atoms with E-state index < -0.39 is 29.9 Å². The lowest BCUT2D eigenvalue weighted by Gasteiger charge is -2.41. The van der Waals surface area contributed by atoms with Crippen molar-refractivity contribution >= 4 is 24.0 Å². The molecule has 3 rings (SSSR count). The van der Waals surface area contributed by atoms with Gasteiger partial charge in [0.15, 0.2) is 6.23 Å². The summed E-state index contributed by atoms with van der Waals surface area (Å²) >= 11 is 0. The highest BCUT2D eigenvalue weighted by atomic mass is 16.6. The van der Waals surface area contributed by atoms with Crippen LogP contribution in [0.2, 0.25) is 0 Å². The standard InChI is InChI=1S/C23H40N6O6/c1-15-20(27-13-11-26(12-14-27)8-7-17(30)31)34-22(33)29(15)18(19(24)25)16-5-9-28(10-6-16)21(32)35-23(2,3)4/h15-16,18,20H,5-14H2,1-4H3,(H3,24,25)(H,30,31). The van der Waals surface area contributed by atoms with Gasteiger partial charge in [-0.15, -0.1) is 0 Å². The van der Waals surface area contributed by atoms with Gasteiger partial charge in [0, 0.05) is 45.8 Å². The number of carbonyl (C=O) groups is 3. The molecule has 0 radical (unpaired) electrons. The number of hydrogen-bond donors (Lipinski definition) is 3. The van der Waals surface area contributed by atoms with Gasteiger partial charge in [-0.1, -0.05) is 0 Å². The third-order valence-electron chi connectivity index (χ3n) is 6.95. The van der Waals surface area contributed by atoms with Crippen molar-refractivity contribution < 1.29 is 29.0 Å². The Hall–Kier alpha value is -2.60. The molecule has 3 saturated heterocycles. The monoisotopic (exact) mass is 496 g/mol. The molecule has 0 aromatic carbocycles. The zero-order chi connectivity index (χ0) is 25.9. The van der Waals surface area contributed by atoms with Crippen LogP contribution in [0.5, 0.6) is 0 Å². The number of aliphatic carboxylic acids is 1. The number of nitrogens with zero attached hydrogens (tertiary/aromatic N) is 4. The normalized spacial score (nSPS) is 25.9. The van der Waals surface area contributed by atoms with Gasteiger partial charge in [0.2, 0.25) is 0 Å². The van der Waals surface area contributed by atoms with Crippen molar-refractivity contribution in [3.8, 4) is 0 Å². The van der Waals surface area contributed by atoms with Crippen molar-refractivity contribution in [1.29, 1.82) is 5.41 Å². The minimum absolute atomic E-state index is 0.0622. The van der Waals surface area contributed by atoms with Gasteiger partial charge < -0.3 is 30.1 Å². The highest BCUT2D eigenvalue weighted by Gasteiger charge is 2.49. The van der Waals surface area contributed by atoms with Gasteiger partial charge in [-0.2, -0.15) is 0 Å². The summed E-state index contributed by atoms with van der Waals surface area (Å²) in [6, 6.07) is -0.897. The fourth-order valence-corrected chi connectivity index (χ4v) is 5.16. The Bertz CT molecular complexity index is 801. The van der Waals surface area contributed by atoms with Crippen molar-refractivity contribution in [2.75, 3.05) is 45.8 Å². The van der Waals surface area contributed by atoms with Gasteiger partial charge in [0.05, 0.1) is 18.5 Å². The Kier molecular flexibility index (Phi) is 8.47. The van der Waals surface area contributed by atoms with Crippen molar-refractivity contribution in [3.63, 3.8) is 0 Å². The number of amides is 2. The Labute approximate surface area is 206 Å². The van der Waals surface area contributed by atoms with E-state index in [-0.39, 0.29) is 30.3 Å². The van der Waals surface area contributed by atoms with E-state index >= 15 is 0 Å². The molecule has 3 heterocycles. The van der Waals surface area contributed by atoms with Crippen molar-refractivity contribution in [1.82, 2.24) is 19.6 Å². The van der Waals surface area contributed by atoms with Gasteiger partial charge in [0.1, 0.15) is 11.4 Å². The number of piperazine rings is 1. The van der Waals surface area contributed by atoms with E-state index in [0.717, 1.165) is 0 Å².